The van der Waals surface area contributed by atoms with Crippen molar-refractivity contribution in [2.75, 3.05) is 6.54 Å². The minimum atomic E-state index is -0.0662. The number of rotatable bonds is 8. The Kier molecular flexibility index (Phi) is 6.81. The van der Waals surface area contributed by atoms with E-state index in [2.05, 4.69) is 17.1 Å². The van der Waals surface area contributed by atoms with Gasteiger partial charge in [-0.3, -0.25) is 14.2 Å². The van der Waals surface area contributed by atoms with E-state index in [1.54, 1.807) is 10.9 Å². The second-order valence-electron chi connectivity index (χ2n) is 7.99. The fraction of sp³-hybridized carbons (Fsp3) is 0.269. The quantitative estimate of drug-likeness (QED) is 0.394. The highest BCUT2D eigenvalue weighted by atomic mass is 32.1. The molecule has 1 amide bonds. The van der Waals surface area contributed by atoms with Crippen LogP contribution < -0.4 is 5.56 Å². The van der Waals surface area contributed by atoms with Crippen molar-refractivity contribution in [1.29, 1.82) is 0 Å². The summed E-state index contributed by atoms with van der Waals surface area (Å²) in [5.74, 6) is 0.0370. The molecule has 5 nitrogen and oxygen atoms in total. The number of hydrogen-bond acceptors (Lipinski definition) is 4. The summed E-state index contributed by atoms with van der Waals surface area (Å²) in [6.45, 7) is 5.47. The highest BCUT2D eigenvalue weighted by Crippen LogP contribution is 2.25. The van der Waals surface area contributed by atoms with Crippen LogP contribution in [0.5, 0.6) is 0 Å². The Morgan fingerprint density at radius 3 is 2.34 bits per heavy atom. The normalized spacial score (nSPS) is 11.1. The van der Waals surface area contributed by atoms with Crippen LogP contribution in [0, 0.1) is 13.8 Å². The molecule has 0 N–H and O–H groups in total. The Balaban J connectivity index is 1.49. The van der Waals surface area contributed by atoms with Gasteiger partial charge in [-0.1, -0.05) is 60.7 Å². The standard InChI is InChI=1S/C26H27N3O2S/c1-19-20(2)32-25-24(19)26(31)29(18-27-25)16-14-23(30)28(17-22-11-7-4-8-12-22)15-13-21-9-5-3-6-10-21/h3-12,18H,13-17H2,1-2H3. The molecule has 32 heavy (non-hydrogen) atoms. The van der Waals surface area contributed by atoms with E-state index in [1.807, 2.05) is 67.3 Å². The first-order chi connectivity index (χ1) is 15.5. The Bertz CT molecular complexity index is 1260. The largest absolute Gasteiger partial charge is 0.338 e. The number of amides is 1. The van der Waals surface area contributed by atoms with E-state index < -0.39 is 0 Å². The molecule has 2 aromatic heterocycles. The van der Waals surface area contributed by atoms with Gasteiger partial charge in [-0.15, -0.1) is 11.3 Å². The van der Waals surface area contributed by atoms with E-state index in [0.717, 1.165) is 27.3 Å². The Morgan fingerprint density at radius 1 is 1.00 bits per heavy atom. The molecule has 4 aromatic rings. The number of thiophene rings is 1. The highest BCUT2D eigenvalue weighted by molar-refractivity contribution is 7.18. The summed E-state index contributed by atoms with van der Waals surface area (Å²) in [7, 11) is 0. The molecule has 0 aliphatic heterocycles. The lowest BCUT2D eigenvalue weighted by Crippen LogP contribution is -2.34. The van der Waals surface area contributed by atoms with Crippen LogP contribution in [-0.2, 0) is 24.3 Å². The number of aromatic nitrogens is 2. The summed E-state index contributed by atoms with van der Waals surface area (Å²) < 4.78 is 1.57. The number of aryl methyl sites for hydroxylation is 3. The zero-order valence-electron chi connectivity index (χ0n) is 18.5. The van der Waals surface area contributed by atoms with E-state index in [0.29, 0.717) is 25.0 Å². The maximum Gasteiger partial charge on any atom is 0.262 e. The van der Waals surface area contributed by atoms with Gasteiger partial charge in [0, 0.05) is 30.9 Å². The van der Waals surface area contributed by atoms with Gasteiger partial charge in [-0.05, 0) is 37.0 Å². The molecular formula is C26H27N3O2S. The van der Waals surface area contributed by atoms with Gasteiger partial charge in [0.05, 0.1) is 11.7 Å². The monoisotopic (exact) mass is 445 g/mol. The maximum absolute atomic E-state index is 13.2. The van der Waals surface area contributed by atoms with Gasteiger partial charge in [0.1, 0.15) is 4.83 Å². The van der Waals surface area contributed by atoms with Crippen molar-refractivity contribution in [3.63, 3.8) is 0 Å². The van der Waals surface area contributed by atoms with Crippen LogP contribution in [0.4, 0.5) is 0 Å². The van der Waals surface area contributed by atoms with Crippen LogP contribution in [-0.4, -0.2) is 26.9 Å². The van der Waals surface area contributed by atoms with Crippen LogP contribution in [0.3, 0.4) is 0 Å². The van der Waals surface area contributed by atoms with Gasteiger partial charge in [-0.25, -0.2) is 4.98 Å². The molecule has 0 saturated carbocycles. The van der Waals surface area contributed by atoms with Crippen molar-refractivity contribution < 1.29 is 4.79 Å². The predicted molar refractivity (Wildman–Crippen MR) is 130 cm³/mol. The first-order valence-corrected chi connectivity index (χ1v) is 11.7. The molecule has 0 fully saturated rings. The molecule has 4 rings (SSSR count). The molecule has 0 aliphatic rings. The Labute approximate surface area is 192 Å². The van der Waals surface area contributed by atoms with Crippen molar-refractivity contribution in [2.24, 2.45) is 0 Å². The molecule has 2 heterocycles. The van der Waals surface area contributed by atoms with Crippen molar-refractivity contribution in [3.8, 4) is 0 Å². The lowest BCUT2D eigenvalue weighted by molar-refractivity contribution is -0.132. The van der Waals surface area contributed by atoms with Crippen molar-refractivity contribution in [3.05, 3.63) is 98.9 Å². The van der Waals surface area contributed by atoms with Gasteiger partial charge < -0.3 is 4.90 Å². The fourth-order valence-corrected chi connectivity index (χ4v) is 4.80. The first kappa shape index (κ1) is 22.0. The first-order valence-electron chi connectivity index (χ1n) is 10.8. The third-order valence-electron chi connectivity index (χ3n) is 5.80. The van der Waals surface area contributed by atoms with E-state index in [9.17, 15) is 9.59 Å². The van der Waals surface area contributed by atoms with E-state index >= 15 is 0 Å². The number of benzene rings is 2. The van der Waals surface area contributed by atoms with E-state index in [-0.39, 0.29) is 17.9 Å². The molecule has 0 unspecified atom stereocenters. The number of hydrogen-bond donors (Lipinski definition) is 0. The van der Waals surface area contributed by atoms with E-state index in [1.165, 1.54) is 16.9 Å². The minimum absolute atomic E-state index is 0.0370. The second kappa shape index (κ2) is 9.92. The summed E-state index contributed by atoms with van der Waals surface area (Å²) in [5, 5.41) is 0.674. The van der Waals surface area contributed by atoms with Crippen LogP contribution in [0.15, 0.2) is 71.8 Å². The summed E-state index contributed by atoms with van der Waals surface area (Å²) in [6.07, 6.45) is 2.62. The predicted octanol–water partition coefficient (Wildman–Crippen LogP) is 4.74. The topological polar surface area (TPSA) is 55.2 Å². The number of fused-ring (bicyclic) bond motifs is 1. The fourth-order valence-electron chi connectivity index (χ4n) is 3.81. The van der Waals surface area contributed by atoms with Crippen molar-refractivity contribution >= 4 is 27.5 Å². The number of carbonyl (C=O) groups is 1. The second-order valence-corrected chi connectivity index (χ2v) is 9.20. The third kappa shape index (κ3) is 4.97. The molecule has 0 saturated heterocycles. The summed E-state index contributed by atoms with van der Waals surface area (Å²) in [5.41, 5.74) is 3.21. The highest BCUT2D eigenvalue weighted by Gasteiger charge is 2.16. The van der Waals surface area contributed by atoms with Gasteiger partial charge >= 0.3 is 0 Å². The van der Waals surface area contributed by atoms with Crippen LogP contribution in [0.2, 0.25) is 0 Å². The molecule has 2 aromatic carbocycles. The van der Waals surface area contributed by atoms with Gasteiger partial charge in [0.2, 0.25) is 5.91 Å². The summed E-state index contributed by atoms with van der Waals surface area (Å²) in [6, 6.07) is 20.2. The summed E-state index contributed by atoms with van der Waals surface area (Å²) >= 11 is 1.54. The lowest BCUT2D eigenvalue weighted by Gasteiger charge is -2.23. The zero-order chi connectivity index (χ0) is 22.5. The van der Waals surface area contributed by atoms with Gasteiger partial charge in [0.15, 0.2) is 0 Å². The average Bonchev–Trinajstić information content (AvgIpc) is 3.11. The van der Waals surface area contributed by atoms with Gasteiger partial charge in [0.25, 0.3) is 5.56 Å². The molecule has 164 valence electrons. The lowest BCUT2D eigenvalue weighted by atomic mass is 10.1. The van der Waals surface area contributed by atoms with Crippen LogP contribution in [0.25, 0.3) is 10.2 Å². The number of carbonyl (C=O) groups excluding carboxylic acids is 1. The SMILES string of the molecule is Cc1sc2ncn(CCC(=O)N(CCc3ccccc3)Cc3ccccc3)c(=O)c2c1C. The molecule has 0 bridgehead atoms. The van der Waals surface area contributed by atoms with E-state index in [4.69, 9.17) is 0 Å². The zero-order valence-corrected chi connectivity index (χ0v) is 19.3. The molecule has 0 spiro atoms. The van der Waals surface area contributed by atoms with Gasteiger partial charge in [-0.2, -0.15) is 0 Å². The Hall–Kier alpha value is -3.25. The third-order valence-corrected chi connectivity index (χ3v) is 6.92. The molecular weight excluding hydrogens is 418 g/mol. The van der Waals surface area contributed by atoms with Crippen LogP contribution in [0.1, 0.15) is 28.0 Å². The average molecular weight is 446 g/mol. The smallest absolute Gasteiger partial charge is 0.262 e. The molecule has 6 heteroatoms. The van der Waals surface area contributed by atoms with Crippen LogP contribution >= 0.6 is 11.3 Å². The van der Waals surface area contributed by atoms with Crippen molar-refractivity contribution in [2.45, 2.75) is 39.8 Å². The number of nitrogens with zero attached hydrogens (tertiary/aromatic N) is 3. The molecule has 0 radical (unpaired) electrons. The maximum atomic E-state index is 13.2. The Morgan fingerprint density at radius 2 is 1.66 bits per heavy atom. The molecule has 0 atom stereocenters. The van der Waals surface area contributed by atoms with Crippen molar-refractivity contribution in [1.82, 2.24) is 14.5 Å². The minimum Gasteiger partial charge on any atom is -0.338 e. The summed E-state index contributed by atoms with van der Waals surface area (Å²) in [4.78, 5) is 34.3. The molecule has 0 aliphatic carbocycles.